The molecule has 2 N–H and O–H groups in total. The second kappa shape index (κ2) is 14.4. The highest BCUT2D eigenvalue weighted by atomic mass is 35.5. The van der Waals surface area contributed by atoms with Gasteiger partial charge in [-0.1, -0.05) is 25.4 Å². The van der Waals surface area contributed by atoms with Crippen molar-refractivity contribution in [3.05, 3.63) is 86.6 Å². The summed E-state index contributed by atoms with van der Waals surface area (Å²) in [6.45, 7) is 9.81. The zero-order valence-corrected chi connectivity index (χ0v) is 23.1. The molecule has 2 aromatic rings. The van der Waals surface area contributed by atoms with E-state index in [1.54, 1.807) is 19.0 Å². The molecular formula is C26H30ClF3N4O5. The van der Waals surface area contributed by atoms with E-state index < -0.39 is 57.7 Å². The molecule has 0 aliphatic carbocycles. The molecular weight excluding hydrogens is 541 g/mol. The van der Waals surface area contributed by atoms with Crippen LogP contribution in [0.1, 0.15) is 42.0 Å². The van der Waals surface area contributed by atoms with Crippen molar-refractivity contribution in [1.29, 1.82) is 0 Å². The van der Waals surface area contributed by atoms with Gasteiger partial charge in [0, 0.05) is 50.4 Å². The Kier molecular flexibility index (Phi) is 12.3. The largest absolute Gasteiger partial charge is 0.437 e. The molecule has 0 spiro atoms. The molecule has 2 rings (SSSR count). The maximum Gasteiger partial charge on any atom is 0.328 e. The number of rotatable bonds is 10. The Balaban J connectivity index is 0.00000371. The first-order valence-electron chi connectivity index (χ1n) is 11.5. The van der Waals surface area contributed by atoms with Crippen LogP contribution in [-0.2, 0) is 0 Å². The summed E-state index contributed by atoms with van der Waals surface area (Å²) in [5.41, 5.74) is -1.68. The zero-order valence-electron chi connectivity index (χ0n) is 22.3. The van der Waals surface area contributed by atoms with E-state index in [0.717, 1.165) is 16.7 Å². The van der Waals surface area contributed by atoms with Crippen LogP contribution >= 0.6 is 11.6 Å². The summed E-state index contributed by atoms with van der Waals surface area (Å²) in [5.74, 6) is -8.13. The van der Waals surface area contributed by atoms with Crippen LogP contribution < -0.4 is 10.3 Å². The van der Waals surface area contributed by atoms with Crippen molar-refractivity contribution in [1.82, 2.24) is 14.5 Å². The number of aromatic nitrogens is 2. The molecule has 0 unspecified atom stereocenters. The van der Waals surface area contributed by atoms with Gasteiger partial charge in [0.05, 0.1) is 18.3 Å². The maximum atomic E-state index is 15.4. The Hall–Kier alpha value is -3.74. The normalized spacial score (nSPS) is 12.2. The van der Waals surface area contributed by atoms with E-state index in [2.05, 4.69) is 16.7 Å². The van der Waals surface area contributed by atoms with Crippen LogP contribution in [-0.4, -0.2) is 57.2 Å². The summed E-state index contributed by atoms with van der Waals surface area (Å²) in [4.78, 5) is 34.0. The summed E-state index contributed by atoms with van der Waals surface area (Å²) >= 11 is 6.08. The number of ether oxygens (including phenoxy) is 1. The number of ketones is 1. The Bertz CT molecular complexity index is 1370. The van der Waals surface area contributed by atoms with Gasteiger partial charge < -0.3 is 19.8 Å². The highest BCUT2D eigenvalue weighted by Gasteiger charge is 2.31. The van der Waals surface area contributed by atoms with Crippen LogP contribution in [0.5, 0.6) is 5.75 Å². The van der Waals surface area contributed by atoms with Gasteiger partial charge in [-0.2, -0.15) is 0 Å². The van der Waals surface area contributed by atoms with Gasteiger partial charge in [-0.25, -0.2) is 18.2 Å². The molecule has 212 valence electrons. The fraction of sp³-hybridized carbons (Fsp3) is 0.308. The summed E-state index contributed by atoms with van der Waals surface area (Å²) < 4.78 is 48.5. The molecule has 2 aromatic heterocycles. The summed E-state index contributed by atoms with van der Waals surface area (Å²) in [6.07, 6.45) is 3.39. The van der Waals surface area contributed by atoms with E-state index >= 15 is 4.39 Å². The van der Waals surface area contributed by atoms with E-state index in [4.69, 9.17) is 16.3 Å². The molecule has 0 aliphatic heterocycles. The van der Waals surface area contributed by atoms with Crippen LogP contribution in [0.2, 0.25) is 5.02 Å². The molecule has 9 nitrogen and oxygen atoms in total. The third-order valence-corrected chi connectivity index (χ3v) is 4.99. The highest BCUT2D eigenvalue weighted by molar-refractivity contribution is 6.31. The lowest BCUT2D eigenvalue weighted by Crippen LogP contribution is -2.36. The first kappa shape index (κ1) is 33.3. The van der Waals surface area contributed by atoms with E-state index in [0.29, 0.717) is 12.3 Å². The maximum absolute atomic E-state index is 15.4. The molecule has 0 saturated carbocycles. The number of aliphatic imine (C=N–C) groups is 1. The minimum atomic E-state index is -3.24. The van der Waals surface area contributed by atoms with E-state index in [9.17, 15) is 28.6 Å². The van der Waals surface area contributed by atoms with Crippen LogP contribution in [0, 0.1) is 19.7 Å². The molecule has 0 saturated heterocycles. The Morgan fingerprint density at radius 2 is 1.92 bits per heavy atom. The van der Waals surface area contributed by atoms with Gasteiger partial charge in [-0.05, 0) is 26.1 Å². The molecule has 0 aromatic carbocycles. The molecule has 0 bridgehead atoms. The van der Waals surface area contributed by atoms with E-state index in [1.807, 2.05) is 13.8 Å². The number of aryl methyl sites for hydroxylation is 2. The standard InChI is InChI=1S/C24H24ClF3N4O5.C2H6/c1-13-11-30-21(17(33)6-7-31(4)5)20(28)22(13)32-14(2)8-18(19(25)23(32)34)37-24(35,36)10-15(26)9-16(27)12-29-3;1-2/h6-9,11-12,35-36H,3,10H2,1-2,4-5H3;1-2H3/b7-6+,15-9+,16-12+;. The zero-order chi connectivity index (χ0) is 30.1. The number of allylic oxidation sites excluding steroid dienone is 3. The minimum Gasteiger partial charge on any atom is -0.437 e. The van der Waals surface area contributed by atoms with Crippen molar-refractivity contribution in [2.45, 2.75) is 40.1 Å². The van der Waals surface area contributed by atoms with Crippen molar-refractivity contribution in [3.63, 3.8) is 0 Å². The predicted octanol–water partition coefficient (Wildman–Crippen LogP) is 4.70. The number of pyridine rings is 2. The first-order valence-corrected chi connectivity index (χ1v) is 11.8. The van der Waals surface area contributed by atoms with Crippen molar-refractivity contribution >= 4 is 24.1 Å². The van der Waals surface area contributed by atoms with E-state index in [1.165, 1.54) is 26.2 Å². The van der Waals surface area contributed by atoms with Gasteiger partial charge in [0.15, 0.2) is 11.6 Å². The van der Waals surface area contributed by atoms with Gasteiger partial charge in [0.2, 0.25) is 5.78 Å². The lowest BCUT2D eigenvalue weighted by molar-refractivity contribution is -0.291. The molecule has 0 aliphatic rings. The number of carbonyl (C=O) groups is 1. The van der Waals surface area contributed by atoms with Gasteiger partial charge in [0.25, 0.3) is 5.56 Å². The van der Waals surface area contributed by atoms with Crippen LogP contribution in [0.3, 0.4) is 0 Å². The topological polar surface area (TPSA) is 117 Å². The van der Waals surface area contributed by atoms with Crippen LogP contribution in [0.25, 0.3) is 5.69 Å². The molecule has 2 heterocycles. The Morgan fingerprint density at radius 1 is 1.31 bits per heavy atom. The highest BCUT2D eigenvalue weighted by Crippen LogP contribution is 2.30. The van der Waals surface area contributed by atoms with Crippen molar-refractivity contribution < 1.29 is 32.9 Å². The summed E-state index contributed by atoms with van der Waals surface area (Å²) in [5, 5.41) is 19.4. The lowest BCUT2D eigenvalue weighted by atomic mass is 10.1. The second-order valence-corrected chi connectivity index (χ2v) is 8.39. The van der Waals surface area contributed by atoms with Crippen molar-refractivity contribution in [2.75, 3.05) is 14.1 Å². The molecule has 0 atom stereocenters. The monoisotopic (exact) mass is 570 g/mol. The average molecular weight is 571 g/mol. The van der Waals surface area contributed by atoms with Gasteiger partial charge >= 0.3 is 5.97 Å². The fourth-order valence-corrected chi connectivity index (χ4v) is 3.27. The number of nitrogens with zero attached hydrogens (tertiary/aromatic N) is 4. The Labute approximate surface area is 228 Å². The minimum absolute atomic E-state index is 0.0117. The second-order valence-electron chi connectivity index (χ2n) is 8.01. The molecule has 0 fully saturated rings. The number of halogens is 4. The summed E-state index contributed by atoms with van der Waals surface area (Å²) in [6, 6.07) is 1.07. The predicted molar refractivity (Wildman–Crippen MR) is 143 cm³/mol. The third kappa shape index (κ3) is 8.91. The van der Waals surface area contributed by atoms with Gasteiger partial charge in [-0.15, -0.1) is 0 Å². The number of aliphatic hydroxyl groups is 2. The van der Waals surface area contributed by atoms with Crippen LogP contribution in [0.15, 0.2) is 58.3 Å². The average Bonchev–Trinajstić information content (AvgIpc) is 2.83. The summed E-state index contributed by atoms with van der Waals surface area (Å²) in [7, 11) is 3.33. The number of hydrogen-bond acceptors (Lipinski definition) is 8. The van der Waals surface area contributed by atoms with Crippen LogP contribution in [0.4, 0.5) is 13.2 Å². The lowest BCUT2D eigenvalue weighted by Gasteiger charge is -2.24. The SMILES string of the molecule is C=N/C=C(F)\C=C(\F)CC(O)(O)Oc1cc(C)n(-c2c(C)cnc(C(=O)/C=C/N(C)C)c2F)c(=O)c1Cl.CC. The van der Waals surface area contributed by atoms with Gasteiger partial charge in [-0.3, -0.25) is 19.1 Å². The van der Waals surface area contributed by atoms with Crippen molar-refractivity contribution in [3.8, 4) is 11.4 Å². The Morgan fingerprint density at radius 3 is 2.49 bits per heavy atom. The first-order chi connectivity index (χ1) is 18.2. The molecule has 39 heavy (non-hydrogen) atoms. The number of carbonyl (C=O) groups excluding carboxylic acids is 1. The number of hydrogen-bond donors (Lipinski definition) is 2. The quantitative estimate of drug-likeness (QED) is 0.140. The smallest absolute Gasteiger partial charge is 0.328 e. The van der Waals surface area contributed by atoms with Gasteiger partial charge in [0.1, 0.15) is 22.4 Å². The molecule has 0 amide bonds. The molecule has 0 radical (unpaired) electrons. The van der Waals surface area contributed by atoms with E-state index in [-0.39, 0.29) is 16.9 Å². The molecule has 13 heteroatoms. The fourth-order valence-electron chi connectivity index (χ4n) is 3.10. The van der Waals surface area contributed by atoms with Crippen molar-refractivity contribution in [2.24, 2.45) is 4.99 Å². The third-order valence-electron chi connectivity index (χ3n) is 4.64.